The average molecular weight is 308 g/mol. The number of carbonyl (C=O) groups excluding carboxylic acids is 2. The van der Waals surface area contributed by atoms with E-state index in [-0.39, 0.29) is 18.2 Å². The molecule has 0 saturated carbocycles. The zero-order valence-corrected chi connectivity index (χ0v) is 13.4. The van der Waals surface area contributed by atoms with Crippen LogP contribution in [0.25, 0.3) is 0 Å². The van der Waals surface area contributed by atoms with E-state index < -0.39 is 5.92 Å². The van der Waals surface area contributed by atoms with Crippen molar-refractivity contribution in [1.29, 1.82) is 0 Å². The second-order valence-corrected chi connectivity index (χ2v) is 5.81. The molecule has 1 aliphatic heterocycles. The minimum absolute atomic E-state index is 0.0325. The maximum absolute atomic E-state index is 12.7. The molecule has 2 aromatic carbocycles. The number of aryl methyl sites for hydroxylation is 1. The van der Waals surface area contributed by atoms with Gasteiger partial charge in [-0.2, -0.15) is 0 Å². The third-order valence-electron chi connectivity index (χ3n) is 4.22. The molecule has 1 atom stereocenters. The van der Waals surface area contributed by atoms with Crippen molar-refractivity contribution in [3.8, 4) is 0 Å². The zero-order valence-electron chi connectivity index (χ0n) is 13.4. The van der Waals surface area contributed by atoms with Gasteiger partial charge in [-0.05, 0) is 43.2 Å². The van der Waals surface area contributed by atoms with Gasteiger partial charge in [0.15, 0.2) is 0 Å². The highest BCUT2D eigenvalue weighted by Crippen LogP contribution is 2.35. The predicted molar refractivity (Wildman–Crippen MR) is 91.6 cm³/mol. The van der Waals surface area contributed by atoms with E-state index in [2.05, 4.69) is 5.32 Å². The number of fused-ring (bicyclic) bond motifs is 1. The molecular weight excluding hydrogens is 288 g/mol. The smallest absolute Gasteiger partial charge is 0.232 e. The normalized spacial score (nSPS) is 15.9. The van der Waals surface area contributed by atoms with E-state index in [0.29, 0.717) is 6.54 Å². The molecule has 0 radical (unpaired) electrons. The van der Waals surface area contributed by atoms with Crippen LogP contribution in [0, 0.1) is 6.92 Å². The van der Waals surface area contributed by atoms with E-state index in [0.717, 1.165) is 22.5 Å². The van der Waals surface area contributed by atoms with Crippen LogP contribution in [0.4, 0.5) is 11.4 Å². The van der Waals surface area contributed by atoms with E-state index in [1.807, 2.05) is 62.4 Å². The van der Waals surface area contributed by atoms with Crippen LogP contribution < -0.4 is 10.2 Å². The lowest BCUT2D eigenvalue weighted by atomic mass is 9.96. The molecule has 2 aromatic rings. The summed E-state index contributed by atoms with van der Waals surface area (Å²) >= 11 is 0. The molecule has 2 amide bonds. The molecular formula is C19H20N2O2. The first-order chi connectivity index (χ1) is 11.1. The fourth-order valence-electron chi connectivity index (χ4n) is 3.06. The van der Waals surface area contributed by atoms with Crippen molar-refractivity contribution in [2.45, 2.75) is 26.2 Å². The van der Waals surface area contributed by atoms with Gasteiger partial charge < -0.3 is 10.2 Å². The molecule has 0 saturated heterocycles. The second kappa shape index (κ2) is 6.24. The van der Waals surface area contributed by atoms with E-state index in [4.69, 9.17) is 0 Å². The standard InChI is InChI=1S/C19H20N2O2/c1-3-21(14-8-6-7-13(2)11-14)18(22)12-16-15-9-4-5-10-17(15)20-19(16)23/h4-11,16H,3,12H2,1-2H3,(H,20,23). The van der Waals surface area contributed by atoms with Gasteiger partial charge >= 0.3 is 0 Å². The first kappa shape index (κ1) is 15.3. The zero-order chi connectivity index (χ0) is 16.4. The molecule has 1 N–H and O–H groups in total. The lowest BCUT2D eigenvalue weighted by Crippen LogP contribution is -2.32. The van der Waals surface area contributed by atoms with E-state index in [9.17, 15) is 9.59 Å². The Morgan fingerprint density at radius 3 is 2.70 bits per heavy atom. The largest absolute Gasteiger partial charge is 0.325 e. The summed E-state index contributed by atoms with van der Waals surface area (Å²) in [6, 6.07) is 15.4. The number of benzene rings is 2. The van der Waals surface area contributed by atoms with Crippen molar-refractivity contribution in [2.24, 2.45) is 0 Å². The summed E-state index contributed by atoms with van der Waals surface area (Å²) in [6.45, 7) is 4.53. The predicted octanol–water partition coefficient (Wildman–Crippen LogP) is 3.47. The van der Waals surface area contributed by atoms with Crippen LogP contribution >= 0.6 is 0 Å². The number of rotatable bonds is 4. The Bertz CT molecular complexity index is 755. The minimum atomic E-state index is -0.405. The minimum Gasteiger partial charge on any atom is -0.325 e. The van der Waals surface area contributed by atoms with E-state index in [1.54, 1.807) is 4.90 Å². The molecule has 23 heavy (non-hydrogen) atoms. The molecule has 118 valence electrons. The summed E-state index contributed by atoms with van der Waals surface area (Å²) in [6.07, 6.45) is 0.185. The van der Waals surface area contributed by atoms with Crippen molar-refractivity contribution in [3.63, 3.8) is 0 Å². The van der Waals surface area contributed by atoms with Crippen molar-refractivity contribution < 1.29 is 9.59 Å². The molecule has 0 bridgehead atoms. The van der Waals surface area contributed by atoms with Crippen molar-refractivity contribution in [1.82, 2.24) is 0 Å². The highest BCUT2D eigenvalue weighted by Gasteiger charge is 2.33. The third kappa shape index (κ3) is 2.97. The molecule has 0 fully saturated rings. The van der Waals surface area contributed by atoms with Crippen molar-refractivity contribution >= 4 is 23.2 Å². The van der Waals surface area contributed by atoms with Crippen LogP contribution in [-0.2, 0) is 9.59 Å². The Morgan fingerprint density at radius 1 is 1.17 bits per heavy atom. The monoisotopic (exact) mass is 308 g/mol. The van der Waals surface area contributed by atoms with Gasteiger partial charge in [-0.3, -0.25) is 9.59 Å². The van der Waals surface area contributed by atoms with Crippen molar-refractivity contribution in [3.05, 3.63) is 59.7 Å². The van der Waals surface area contributed by atoms with Crippen LogP contribution in [0.2, 0.25) is 0 Å². The summed E-state index contributed by atoms with van der Waals surface area (Å²) in [5.74, 6) is -0.535. The number of carbonyl (C=O) groups is 2. The van der Waals surface area contributed by atoms with Crippen LogP contribution in [0.5, 0.6) is 0 Å². The van der Waals surface area contributed by atoms with Gasteiger partial charge in [-0.1, -0.05) is 30.3 Å². The van der Waals surface area contributed by atoms with Crippen LogP contribution in [0.1, 0.15) is 30.4 Å². The Morgan fingerprint density at radius 2 is 1.96 bits per heavy atom. The molecule has 0 aliphatic carbocycles. The lowest BCUT2D eigenvalue weighted by Gasteiger charge is -2.22. The Balaban J connectivity index is 1.82. The quantitative estimate of drug-likeness (QED) is 0.940. The summed E-state index contributed by atoms with van der Waals surface area (Å²) in [5, 5.41) is 2.85. The number of hydrogen-bond acceptors (Lipinski definition) is 2. The highest BCUT2D eigenvalue weighted by atomic mass is 16.2. The average Bonchev–Trinajstić information content (AvgIpc) is 2.84. The molecule has 0 spiro atoms. The maximum Gasteiger partial charge on any atom is 0.232 e. The number of amides is 2. The van der Waals surface area contributed by atoms with E-state index >= 15 is 0 Å². The number of anilines is 2. The van der Waals surface area contributed by atoms with Crippen LogP contribution in [-0.4, -0.2) is 18.4 Å². The summed E-state index contributed by atoms with van der Waals surface area (Å²) < 4.78 is 0. The number of para-hydroxylation sites is 1. The molecule has 3 rings (SSSR count). The van der Waals surface area contributed by atoms with Crippen molar-refractivity contribution in [2.75, 3.05) is 16.8 Å². The van der Waals surface area contributed by atoms with Crippen LogP contribution in [0.15, 0.2) is 48.5 Å². The first-order valence-electron chi connectivity index (χ1n) is 7.87. The second-order valence-electron chi connectivity index (χ2n) is 5.81. The summed E-state index contributed by atoms with van der Waals surface area (Å²) in [5.41, 5.74) is 3.71. The number of hydrogen-bond donors (Lipinski definition) is 1. The first-order valence-corrected chi connectivity index (χ1v) is 7.87. The van der Waals surface area contributed by atoms with Gasteiger partial charge in [-0.25, -0.2) is 0 Å². The van der Waals surface area contributed by atoms with Gasteiger partial charge in [0.1, 0.15) is 0 Å². The molecule has 4 nitrogen and oxygen atoms in total. The fourth-order valence-corrected chi connectivity index (χ4v) is 3.06. The molecule has 1 unspecified atom stereocenters. The molecule has 1 heterocycles. The maximum atomic E-state index is 12.7. The van der Waals surface area contributed by atoms with Gasteiger partial charge in [0, 0.05) is 24.3 Å². The number of nitrogens with zero attached hydrogens (tertiary/aromatic N) is 1. The summed E-state index contributed by atoms with van der Waals surface area (Å²) in [7, 11) is 0. The van der Waals surface area contributed by atoms with Gasteiger partial charge in [0.25, 0.3) is 0 Å². The van der Waals surface area contributed by atoms with E-state index in [1.165, 1.54) is 0 Å². The third-order valence-corrected chi connectivity index (χ3v) is 4.22. The van der Waals surface area contributed by atoms with Gasteiger partial charge in [0.05, 0.1) is 5.92 Å². The summed E-state index contributed by atoms with van der Waals surface area (Å²) in [4.78, 5) is 26.7. The van der Waals surface area contributed by atoms with Gasteiger partial charge in [-0.15, -0.1) is 0 Å². The highest BCUT2D eigenvalue weighted by molar-refractivity contribution is 6.06. The molecule has 0 aromatic heterocycles. The SMILES string of the molecule is CCN(C(=O)CC1C(=O)Nc2ccccc21)c1cccc(C)c1. The Labute approximate surface area is 136 Å². The number of nitrogens with one attached hydrogen (secondary N) is 1. The molecule has 4 heteroatoms. The topological polar surface area (TPSA) is 49.4 Å². The molecule has 1 aliphatic rings. The van der Waals surface area contributed by atoms with Crippen LogP contribution in [0.3, 0.4) is 0 Å². The van der Waals surface area contributed by atoms with Gasteiger partial charge in [0.2, 0.25) is 11.8 Å². The lowest BCUT2D eigenvalue weighted by molar-refractivity contribution is -0.123. The fraction of sp³-hybridized carbons (Fsp3) is 0.263. The Kier molecular flexibility index (Phi) is 4.15. The Hall–Kier alpha value is -2.62.